The van der Waals surface area contributed by atoms with Crippen molar-refractivity contribution in [2.75, 3.05) is 5.43 Å². The molecule has 0 fully saturated rings. The summed E-state index contributed by atoms with van der Waals surface area (Å²) in [5, 5.41) is 7.58. The number of aryl methyl sites for hydroxylation is 2. The first-order chi connectivity index (χ1) is 7.20. The maximum atomic E-state index is 5.26. The molecule has 0 amide bonds. The maximum absolute atomic E-state index is 5.26. The van der Waals surface area contributed by atoms with E-state index in [1.807, 2.05) is 25.1 Å². The van der Waals surface area contributed by atoms with E-state index in [0.29, 0.717) is 5.89 Å². The molecule has 78 valence electrons. The van der Waals surface area contributed by atoms with Crippen LogP contribution < -0.4 is 11.3 Å². The van der Waals surface area contributed by atoms with Crippen LogP contribution in [-0.2, 0) is 0 Å². The van der Waals surface area contributed by atoms with Gasteiger partial charge in [-0.25, -0.2) is 5.84 Å². The van der Waals surface area contributed by atoms with Crippen LogP contribution in [0.3, 0.4) is 0 Å². The lowest BCUT2D eigenvalue weighted by molar-refractivity contribution is 0.582. The van der Waals surface area contributed by atoms with E-state index in [1.54, 1.807) is 0 Å². The lowest BCUT2D eigenvalue weighted by Crippen LogP contribution is -2.06. The van der Waals surface area contributed by atoms with Crippen molar-refractivity contribution >= 4 is 6.01 Å². The number of nitrogen functional groups attached to an aromatic ring is 1. The lowest BCUT2D eigenvalue weighted by atomic mass is 10.1. The number of aromatic nitrogens is 2. The van der Waals surface area contributed by atoms with Crippen molar-refractivity contribution in [3.63, 3.8) is 0 Å². The Labute approximate surface area is 87.3 Å². The Morgan fingerprint density at radius 1 is 1.20 bits per heavy atom. The van der Waals surface area contributed by atoms with E-state index < -0.39 is 0 Å². The minimum atomic E-state index is 0.211. The molecule has 0 saturated heterocycles. The Kier molecular flexibility index (Phi) is 2.39. The van der Waals surface area contributed by atoms with E-state index in [9.17, 15) is 0 Å². The minimum Gasteiger partial charge on any atom is -0.402 e. The molecule has 0 bridgehead atoms. The van der Waals surface area contributed by atoms with Gasteiger partial charge in [0.25, 0.3) is 0 Å². The van der Waals surface area contributed by atoms with Crippen LogP contribution >= 0.6 is 0 Å². The molecule has 2 aromatic rings. The van der Waals surface area contributed by atoms with Crippen molar-refractivity contribution in [3.05, 3.63) is 29.3 Å². The topological polar surface area (TPSA) is 77.0 Å². The number of nitrogens with one attached hydrogen (secondary N) is 1. The Bertz CT molecular complexity index is 478. The molecule has 0 aliphatic carbocycles. The van der Waals surface area contributed by atoms with Crippen molar-refractivity contribution in [2.45, 2.75) is 13.8 Å². The molecule has 2 rings (SSSR count). The molecule has 15 heavy (non-hydrogen) atoms. The van der Waals surface area contributed by atoms with E-state index in [0.717, 1.165) is 5.56 Å². The van der Waals surface area contributed by atoms with Gasteiger partial charge < -0.3 is 4.42 Å². The van der Waals surface area contributed by atoms with Crippen molar-refractivity contribution in [1.29, 1.82) is 0 Å². The second kappa shape index (κ2) is 3.70. The van der Waals surface area contributed by atoms with Gasteiger partial charge in [-0.2, -0.15) is 0 Å². The number of anilines is 1. The summed E-state index contributed by atoms with van der Waals surface area (Å²) in [7, 11) is 0. The maximum Gasteiger partial charge on any atom is 0.330 e. The van der Waals surface area contributed by atoms with Crippen LogP contribution in [0, 0.1) is 13.8 Å². The van der Waals surface area contributed by atoms with Crippen molar-refractivity contribution < 1.29 is 4.42 Å². The molecule has 0 saturated carbocycles. The Morgan fingerprint density at radius 2 is 2.00 bits per heavy atom. The first kappa shape index (κ1) is 9.67. The first-order valence-electron chi connectivity index (χ1n) is 4.58. The third-order valence-corrected chi connectivity index (χ3v) is 2.30. The van der Waals surface area contributed by atoms with Gasteiger partial charge in [0.15, 0.2) is 0 Å². The van der Waals surface area contributed by atoms with E-state index >= 15 is 0 Å². The lowest BCUT2D eigenvalue weighted by Gasteiger charge is -2.00. The Balaban J connectivity index is 2.40. The SMILES string of the molecule is Cc1ccc(-c2nnc(NN)o2)cc1C. The fraction of sp³-hybridized carbons (Fsp3) is 0.200. The fourth-order valence-electron chi connectivity index (χ4n) is 1.27. The normalized spacial score (nSPS) is 10.3. The molecule has 0 spiro atoms. The second-order valence-electron chi connectivity index (χ2n) is 3.36. The average molecular weight is 204 g/mol. The van der Waals surface area contributed by atoms with E-state index in [-0.39, 0.29) is 6.01 Å². The average Bonchev–Trinajstić information content (AvgIpc) is 2.70. The Hall–Kier alpha value is -1.88. The molecule has 0 aliphatic heterocycles. The highest BCUT2D eigenvalue weighted by atomic mass is 16.4. The monoisotopic (exact) mass is 204 g/mol. The largest absolute Gasteiger partial charge is 0.402 e. The molecular weight excluding hydrogens is 192 g/mol. The molecule has 0 aliphatic rings. The van der Waals surface area contributed by atoms with Crippen LogP contribution in [0.2, 0.25) is 0 Å². The number of hydrazine groups is 1. The fourth-order valence-corrected chi connectivity index (χ4v) is 1.27. The summed E-state index contributed by atoms with van der Waals surface area (Å²) >= 11 is 0. The molecule has 3 N–H and O–H groups in total. The van der Waals surface area contributed by atoms with Crippen LogP contribution in [-0.4, -0.2) is 10.2 Å². The van der Waals surface area contributed by atoms with Crippen LogP contribution in [0.1, 0.15) is 11.1 Å². The smallest absolute Gasteiger partial charge is 0.330 e. The minimum absolute atomic E-state index is 0.211. The summed E-state index contributed by atoms with van der Waals surface area (Å²) in [6, 6.07) is 6.17. The van der Waals surface area contributed by atoms with Crippen molar-refractivity contribution in [2.24, 2.45) is 5.84 Å². The number of rotatable bonds is 2. The van der Waals surface area contributed by atoms with Crippen LogP contribution in [0.4, 0.5) is 6.01 Å². The Morgan fingerprint density at radius 3 is 2.60 bits per heavy atom. The summed E-state index contributed by atoms with van der Waals surface area (Å²) in [6.45, 7) is 4.09. The first-order valence-corrected chi connectivity index (χ1v) is 4.58. The third kappa shape index (κ3) is 1.82. The number of nitrogens with two attached hydrogens (primary N) is 1. The number of nitrogens with zero attached hydrogens (tertiary/aromatic N) is 2. The van der Waals surface area contributed by atoms with Gasteiger partial charge in [-0.3, -0.25) is 5.43 Å². The predicted octanol–water partition coefficient (Wildman–Crippen LogP) is 1.64. The highest BCUT2D eigenvalue weighted by Crippen LogP contribution is 2.21. The van der Waals surface area contributed by atoms with Gasteiger partial charge in [0.1, 0.15) is 0 Å². The molecule has 0 radical (unpaired) electrons. The van der Waals surface area contributed by atoms with Crippen molar-refractivity contribution in [1.82, 2.24) is 10.2 Å². The van der Waals surface area contributed by atoms with Crippen LogP contribution in [0.15, 0.2) is 22.6 Å². The molecule has 1 aromatic carbocycles. The standard InChI is InChI=1S/C10H12N4O/c1-6-3-4-8(5-7(6)2)9-13-14-10(12-11)15-9/h3-5H,11H2,1-2H3,(H,12,14). The van der Waals surface area contributed by atoms with Gasteiger partial charge in [-0.15, -0.1) is 5.10 Å². The van der Waals surface area contributed by atoms with Gasteiger partial charge >= 0.3 is 6.01 Å². The molecule has 5 nitrogen and oxygen atoms in total. The number of hydrogen-bond acceptors (Lipinski definition) is 5. The second-order valence-corrected chi connectivity index (χ2v) is 3.36. The predicted molar refractivity (Wildman–Crippen MR) is 57.0 cm³/mol. The molecule has 1 aromatic heterocycles. The van der Waals surface area contributed by atoms with Gasteiger partial charge in [0.05, 0.1) is 0 Å². The quantitative estimate of drug-likeness (QED) is 0.574. The zero-order valence-electron chi connectivity index (χ0n) is 8.61. The van der Waals surface area contributed by atoms with E-state index in [4.69, 9.17) is 10.3 Å². The number of benzene rings is 1. The number of hydrogen-bond donors (Lipinski definition) is 2. The highest BCUT2D eigenvalue weighted by Gasteiger charge is 2.07. The summed E-state index contributed by atoms with van der Waals surface area (Å²) < 4.78 is 5.26. The van der Waals surface area contributed by atoms with Gasteiger partial charge in [-0.05, 0) is 37.1 Å². The molecular formula is C10H12N4O. The third-order valence-electron chi connectivity index (χ3n) is 2.30. The van der Waals surface area contributed by atoms with Gasteiger partial charge in [-0.1, -0.05) is 11.2 Å². The molecule has 5 heteroatoms. The highest BCUT2D eigenvalue weighted by molar-refractivity contribution is 5.55. The zero-order valence-corrected chi connectivity index (χ0v) is 8.61. The zero-order chi connectivity index (χ0) is 10.8. The summed E-state index contributed by atoms with van der Waals surface area (Å²) in [4.78, 5) is 0. The van der Waals surface area contributed by atoms with Gasteiger partial charge in [0, 0.05) is 5.56 Å². The van der Waals surface area contributed by atoms with Crippen LogP contribution in [0.5, 0.6) is 0 Å². The van der Waals surface area contributed by atoms with Crippen LogP contribution in [0.25, 0.3) is 11.5 Å². The summed E-state index contributed by atoms with van der Waals surface area (Å²) in [5.41, 5.74) is 5.62. The molecule has 0 atom stereocenters. The van der Waals surface area contributed by atoms with E-state index in [1.165, 1.54) is 11.1 Å². The van der Waals surface area contributed by atoms with E-state index in [2.05, 4.69) is 22.5 Å². The van der Waals surface area contributed by atoms with Crippen molar-refractivity contribution in [3.8, 4) is 11.5 Å². The summed E-state index contributed by atoms with van der Waals surface area (Å²) in [5.74, 6) is 5.61. The molecule has 1 heterocycles. The molecule has 0 unspecified atom stereocenters. The summed E-state index contributed by atoms with van der Waals surface area (Å²) in [6.07, 6.45) is 0. The van der Waals surface area contributed by atoms with Gasteiger partial charge in [0.2, 0.25) is 5.89 Å².